The molecule has 0 aliphatic heterocycles. The average molecular weight is 356 g/mol. The van der Waals surface area contributed by atoms with Gasteiger partial charge in [0.2, 0.25) is 0 Å². The number of urea groups is 1. The maximum atomic E-state index is 12.1. The van der Waals surface area contributed by atoms with Gasteiger partial charge in [0, 0.05) is 11.6 Å². The molecule has 0 aliphatic carbocycles. The number of fused-ring (bicyclic) bond motifs is 1. The van der Waals surface area contributed by atoms with Crippen molar-refractivity contribution in [2.24, 2.45) is 0 Å². The Kier molecular flexibility index (Phi) is 5.36. The first kappa shape index (κ1) is 17.0. The molecule has 2 aromatic carbocycles. The second-order valence-corrected chi connectivity index (χ2v) is 5.95. The van der Waals surface area contributed by atoms with Gasteiger partial charge in [0.25, 0.3) is 0 Å². The van der Waals surface area contributed by atoms with E-state index in [1.165, 1.54) is 0 Å². The highest BCUT2D eigenvalue weighted by molar-refractivity contribution is 6.32. The van der Waals surface area contributed by atoms with Crippen molar-refractivity contribution >= 4 is 34.2 Å². The van der Waals surface area contributed by atoms with E-state index in [2.05, 4.69) is 15.6 Å². The molecule has 0 saturated heterocycles. The highest BCUT2D eigenvalue weighted by Crippen LogP contribution is 2.25. The number of anilines is 1. The van der Waals surface area contributed by atoms with E-state index in [1.807, 2.05) is 49.4 Å². The minimum atomic E-state index is -0.308. The first-order valence-corrected chi connectivity index (χ1v) is 8.29. The molecule has 0 unspecified atom stereocenters. The first-order chi connectivity index (χ1) is 12.1. The maximum Gasteiger partial charge on any atom is 0.319 e. The van der Waals surface area contributed by atoms with Crippen LogP contribution in [0.25, 0.3) is 10.9 Å². The number of ether oxygens (including phenoxy) is 1. The number of halogens is 1. The molecule has 2 N–H and O–H groups in total. The summed E-state index contributed by atoms with van der Waals surface area (Å²) in [4.78, 5) is 16.4. The molecule has 3 rings (SSSR count). The number of benzene rings is 2. The molecule has 0 aliphatic rings. The Labute approximate surface area is 151 Å². The van der Waals surface area contributed by atoms with Gasteiger partial charge in [-0.3, -0.25) is 4.98 Å². The van der Waals surface area contributed by atoms with Crippen LogP contribution in [-0.2, 0) is 0 Å². The van der Waals surface area contributed by atoms with Crippen LogP contribution in [0.5, 0.6) is 5.75 Å². The summed E-state index contributed by atoms with van der Waals surface area (Å²) < 4.78 is 5.60. The lowest BCUT2D eigenvalue weighted by Gasteiger charge is -2.11. The predicted octanol–water partition coefficient (Wildman–Crippen LogP) is 4.40. The van der Waals surface area contributed by atoms with E-state index < -0.39 is 0 Å². The van der Waals surface area contributed by atoms with Gasteiger partial charge in [-0.1, -0.05) is 35.9 Å². The summed E-state index contributed by atoms with van der Waals surface area (Å²) in [5, 5.41) is 7.09. The first-order valence-electron chi connectivity index (χ1n) is 7.91. The topological polar surface area (TPSA) is 63.2 Å². The Morgan fingerprint density at radius 3 is 2.92 bits per heavy atom. The number of amides is 2. The molecule has 1 aromatic heterocycles. The maximum absolute atomic E-state index is 12.1. The summed E-state index contributed by atoms with van der Waals surface area (Å²) in [6.45, 7) is 2.64. The zero-order valence-electron chi connectivity index (χ0n) is 13.8. The quantitative estimate of drug-likeness (QED) is 0.667. The molecule has 25 heavy (non-hydrogen) atoms. The molecule has 0 fully saturated rings. The van der Waals surface area contributed by atoms with E-state index in [1.54, 1.807) is 12.3 Å². The van der Waals surface area contributed by atoms with Crippen LogP contribution in [0.3, 0.4) is 0 Å². The van der Waals surface area contributed by atoms with Crippen LogP contribution in [0, 0.1) is 6.92 Å². The van der Waals surface area contributed by atoms with Crippen LogP contribution in [0.4, 0.5) is 10.5 Å². The van der Waals surface area contributed by atoms with Crippen molar-refractivity contribution in [3.8, 4) is 5.75 Å². The molecule has 0 radical (unpaired) electrons. The van der Waals surface area contributed by atoms with Gasteiger partial charge in [0.05, 0.1) is 22.8 Å². The summed E-state index contributed by atoms with van der Waals surface area (Å²) in [5.74, 6) is 0.613. The summed E-state index contributed by atoms with van der Waals surface area (Å²) in [6, 6.07) is 14.7. The minimum Gasteiger partial charge on any atom is -0.490 e. The van der Waals surface area contributed by atoms with Crippen molar-refractivity contribution in [1.82, 2.24) is 10.3 Å². The fourth-order valence-electron chi connectivity index (χ4n) is 2.42. The van der Waals surface area contributed by atoms with Crippen LogP contribution >= 0.6 is 11.6 Å². The summed E-state index contributed by atoms with van der Waals surface area (Å²) >= 11 is 6.07. The zero-order valence-corrected chi connectivity index (χ0v) is 14.5. The number of aryl methyl sites for hydroxylation is 1. The van der Waals surface area contributed by atoms with Gasteiger partial charge in [-0.2, -0.15) is 0 Å². The third-order valence-electron chi connectivity index (χ3n) is 3.61. The van der Waals surface area contributed by atoms with Crippen LogP contribution in [0.15, 0.2) is 54.7 Å². The Morgan fingerprint density at radius 1 is 1.20 bits per heavy atom. The van der Waals surface area contributed by atoms with Crippen LogP contribution in [0.2, 0.25) is 5.02 Å². The van der Waals surface area contributed by atoms with Crippen molar-refractivity contribution in [3.05, 3.63) is 65.3 Å². The second kappa shape index (κ2) is 7.85. The predicted molar refractivity (Wildman–Crippen MR) is 100 cm³/mol. The van der Waals surface area contributed by atoms with E-state index in [0.29, 0.717) is 29.6 Å². The largest absolute Gasteiger partial charge is 0.490 e. The molecule has 0 spiro atoms. The van der Waals surface area contributed by atoms with E-state index in [0.717, 1.165) is 16.5 Å². The zero-order chi connectivity index (χ0) is 17.6. The van der Waals surface area contributed by atoms with Gasteiger partial charge in [0.1, 0.15) is 12.4 Å². The van der Waals surface area contributed by atoms with Gasteiger partial charge in [-0.05, 0) is 36.8 Å². The fourth-order valence-corrected chi connectivity index (χ4v) is 2.59. The number of rotatable bonds is 5. The SMILES string of the molecule is Cc1ccc(Cl)c(OCCNC(=O)Nc2cccc3cccnc23)c1. The smallest absolute Gasteiger partial charge is 0.319 e. The molecule has 1 heterocycles. The molecular formula is C19H18ClN3O2. The lowest BCUT2D eigenvalue weighted by molar-refractivity contribution is 0.247. The third kappa shape index (κ3) is 4.39. The number of carbonyl (C=O) groups is 1. The number of aromatic nitrogens is 1. The van der Waals surface area contributed by atoms with E-state index >= 15 is 0 Å². The Morgan fingerprint density at radius 2 is 2.04 bits per heavy atom. The van der Waals surface area contributed by atoms with Crippen molar-refractivity contribution in [3.63, 3.8) is 0 Å². The van der Waals surface area contributed by atoms with Gasteiger partial charge in [-0.15, -0.1) is 0 Å². The summed E-state index contributed by atoms with van der Waals surface area (Å²) in [5.41, 5.74) is 2.48. The van der Waals surface area contributed by atoms with Gasteiger partial charge in [0.15, 0.2) is 0 Å². The van der Waals surface area contributed by atoms with Crippen molar-refractivity contribution in [1.29, 1.82) is 0 Å². The molecule has 128 valence electrons. The third-order valence-corrected chi connectivity index (χ3v) is 3.93. The molecule has 0 atom stereocenters. The van der Waals surface area contributed by atoms with E-state index in [-0.39, 0.29) is 6.03 Å². The number of carbonyl (C=O) groups excluding carboxylic acids is 1. The number of para-hydroxylation sites is 1. The highest BCUT2D eigenvalue weighted by Gasteiger charge is 2.06. The van der Waals surface area contributed by atoms with Crippen LogP contribution in [-0.4, -0.2) is 24.2 Å². The lowest BCUT2D eigenvalue weighted by Crippen LogP contribution is -2.32. The van der Waals surface area contributed by atoms with Crippen LogP contribution in [0.1, 0.15) is 5.56 Å². The van der Waals surface area contributed by atoms with Gasteiger partial charge < -0.3 is 15.4 Å². The summed E-state index contributed by atoms with van der Waals surface area (Å²) in [7, 11) is 0. The standard InChI is InChI=1S/C19H18ClN3O2/c1-13-7-8-15(20)17(12-13)25-11-10-22-19(24)23-16-6-2-4-14-5-3-9-21-18(14)16/h2-9,12H,10-11H2,1H3,(H2,22,23,24). The summed E-state index contributed by atoms with van der Waals surface area (Å²) in [6.07, 6.45) is 1.70. The Bertz CT molecular complexity index is 893. The Hall–Kier alpha value is -2.79. The minimum absolute atomic E-state index is 0.308. The lowest BCUT2D eigenvalue weighted by atomic mass is 10.2. The normalized spacial score (nSPS) is 10.5. The van der Waals surface area contributed by atoms with Crippen molar-refractivity contribution in [2.75, 3.05) is 18.5 Å². The highest BCUT2D eigenvalue weighted by atomic mass is 35.5. The van der Waals surface area contributed by atoms with E-state index in [4.69, 9.17) is 16.3 Å². The number of pyridine rings is 1. The van der Waals surface area contributed by atoms with E-state index in [9.17, 15) is 4.79 Å². The Balaban J connectivity index is 1.52. The fraction of sp³-hybridized carbons (Fsp3) is 0.158. The molecule has 2 amide bonds. The molecule has 0 bridgehead atoms. The number of hydrogen-bond donors (Lipinski definition) is 2. The van der Waals surface area contributed by atoms with Crippen molar-refractivity contribution in [2.45, 2.75) is 6.92 Å². The molecule has 0 saturated carbocycles. The second-order valence-electron chi connectivity index (χ2n) is 5.54. The molecule has 3 aromatic rings. The molecular weight excluding hydrogens is 338 g/mol. The number of nitrogens with one attached hydrogen (secondary N) is 2. The molecule has 5 nitrogen and oxygen atoms in total. The van der Waals surface area contributed by atoms with Gasteiger partial charge >= 0.3 is 6.03 Å². The number of nitrogens with zero attached hydrogens (tertiary/aromatic N) is 1. The van der Waals surface area contributed by atoms with Crippen molar-refractivity contribution < 1.29 is 9.53 Å². The van der Waals surface area contributed by atoms with Crippen LogP contribution < -0.4 is 15.4 Å². The van der Waals surface area contributed by atoms with Gasteiger partial charge in [-0.25, -0.2) is 4.79 Å². The monoisotopic (exact) mass is 355 g/mol. The number of hydrogen-bond acceptors (Lipinski definition) is 3. The molecule has 6 heteroatoms. The average Bonchev–Trinajstić information content (AvgIpc) is 2.62.